The predicted octanol–water partition coefficient (Wildman–Crippen LogP) is 2.70. The number of hydrogen-bond acceptors (Lipinski definition) is 6. The second-order valence-corrected chi connectivity index (χ2v) is 9.32. The molecule has 0 heterocycles. The Morgan fingerprint density at radius 2 is 1.61 bits per heavy atom. The quantitative estimate of drug-likeness (QED) is 0.468. The summed E-state index contributed by atoms with van der Waals surface area (Å²) >= 11 is 0. The number of ether oxygens (including phenoxy) is 2. The van der Waals surface area contributed by atoms with E-state index in [9.17, 15) is 18.3 Å². The van der Waals surface area contributed by atoms with E-state index in [2.05, 4.69) is 0 Å². The highest BCUT2D eigenvalue weighted by Gasteiger charge is 2.19. The van der Waals surface area contributed by atoms with Crippen molar-refractivity contribution in [2.75, 3.05) is 24.7 Å². The molecular weight excluding hydrogens is 420 g/mol. The first-order valence-electron chi connectivity index (χ1n) is 9.75. The van der Waals surface area contributed by atoms with E-state index in [0.29, 0.717) is 11.5 Å². The SMILES string of the molecule is O=C(O)COc1cccc2c(CCS(=O)(=O)CC(O)COc3ccccc3)cccc12. The Balaban J connectivity index is 1.62. The molecule has 3 rings (SSSR count). The summed E-state index contributed by atoms with van der Waals surface area (Å²) in [6.45, 7) is -0.567. The highest BCUT2D eigenvalue weighted by Crippen LogP contribution is 2.28. The molecule has 0 saturated heterocycles. The van der Waals surface area contributed by atoms with Crippen molar-refractivity contribution >= 4 is 26.6 Å². The number of hydrogen-bond donors (Lipinski definition) is 2. The van der Waals surface area contributed by atoms with E-state index >= 15 is 0 Å². The van der Waals surface area contributed by atoms with E-state index in [1.165, 1.54) is 0 Å². The zero-order chi connectivity index (χ0) is 22.3. The minimum absolute atomic E-state index is 0.109. The van der Waals surface area contributed by atoms with Crippen LogP contribution in [0, 0.1) is 0 Å². The smallest absolute Gasteiger partial charge is 0.341 e. The van der Waals surface area contributed by atoms with Crippen LogP contribution in [-0.2, 0) is 21.1 Å². The third-order valence-corrected chi connectivity index (χ3v) is 6.36. The van der Waals surface area contributed by atoms with Crippen LogP contribution in [0.5, 0.6) is 11.5 Å². The lowest BCUT2D eigenvalue weighted by molar-refractivity contribution is -0.139. The average Bonchev–Trinajstić information content (AvgIpc) is 2.75. The highest BCUT2D eigenvalue weighted by molar-refractivity contribution is 7.91. The van der Waals surface area contributed by atoms with Gasteiger partial charge in [0.25, 0.3) is 0 Å². The molecule has 0 amide bonds. The van der Waals surface area contributed by atoms with E-state index in [1.807, 2.05) is 18.2 Å². The van der Waals surface area contributed by atoms with Gasteiger partial charge < -0.3 is 19.7 Å². The van der Waals surface area contributed by atoms with Gasteiger partial charge in [0, 0.05) is 5.39 Å². The third kappa shape index (κ3) is 6.70. The van der Waals surface area contributed by atoms with E-state index in [1.54, 1.807) is 48.5 Å². The molecule has 31 heavy (non-hydrogen) atoms. The van der Waals surface area contributed by atoms with Gasteiger partial charge in [-0.3, -0.25) is 0 Å². The van der Waals surface area contributed by atoms with Crippen LogP contribution in [0.2, 0.25) is 0 Å². The highest BCUT2D eigenvalue weighted by atomic mass is 32.2. The summed E-state index contributed by atoms with van der Waals surface area (Å²) in [5, 5.41) is 20.4. The van der Waals surface area contributed by atoms with Crippen LogP contribution < -0.4 is 9.47 Å². The second kappa shape index (κ2) is 10.3. The number of sulfone groups is 1. The molecule has 0 aliphatic rings. The van der Waals surface area contributed by atoms with Crippen molar-refractivity contribution in [3.63, 3.8) is 0 Å². The molecule has 0 radical (unpaired) electrons. The maximum absolute atomic E-state index is 12.5. The van der Waals surface area contributed by atoms with Gasteiger partial charge in [-0.05, 0) is 35.6 Å². The van der Waals surface area contributed by atoms with Crippen LogP contribution in [0.4, 0.5) is 0 Å². The molecule has 8 heteroatoms. The molecule has 3 aromatic carbocycles. The molecule has 0 aromatic heterocycles. The van der Waals surface area contributed by atoms with Crippen molar-refractivity contribution in [1.82, 2.24) is 0 Å². The number of fused-ring (bicyclic) bond motifs is 1. The molecule has 7 nitrogen and oxygen atoms in total. The largest absolute Gasteiger partial charge is 0.491 e. The molecule has 1 atom stereocenters. The van der Waals surface area contributed by atoms with Gasteiger partial charge >= 0.3 is 5.97 Å². The number of carboxylic acid groups (broad SMARTS) is 1. The van der Waals surface area contributed by atoms with Crippen LogP contribution in [0.1, 0.15) is 5.56 Å². The lowest BCUT2D eigenvalue weighted by Crippen LogP contribution is -2.29. The Morgan fingerprint density at radius 1 is 0.903 bits per heavy atom. The first-order valence-corrected chi connectivity index (χ1v) is 11.6. The summed E-state index contributed by atoms with van der Waals surface area (Å²) in [7, 11) is -3.52. The van der Waals surface area contributed by atoms with Gasteiger partial charge in [0.15, 0.2) is 16.4 Å². The number of benzene rings is 3. The zero-order valence-corrected chi connectivity index (χ0v) is 17.6. The number of aliphatic hydroxyl groups is 1. The summed E-state index contributed by atoms with van der Waals surface area (Å²) in [6, 6.07) is 19.5. The molecule has 164 valence electrons. The van der Waals surface area contributed by atoms with Gasteiger partial charge in [0.2, 0.25) is 0 Å². The molecule has 0 fully saturated rings. The normalized spacial score (nSPS) is 12.4. The molecule has 0 aliphatic carbocycles. The fraction of sp³-hybridized carbons (Fsp3) is 0.261. The molecular formula is C23H24O7S. The van der Waals surface area contributed by atoms with Gasteiger partial charge in [0.1, 0.15) is 24.2 Å². The molecule has 1 unspecified atom stereocenters. The van der Waals surface area contributed by atoms with Crippen LogP contribution in [0.3, 0.4) is 0 Å². The monoisotopic (exact) mass is 444 g/mol. The van der Waals surface area contributed by atoms with E-state index in [-0.39, 0.29) is 18.8 Å². The Morgan fingerprint density at radius 3 is 2.35 bits per heavy atom. The number of carboxylic acids is 1. The standard InChI is InChI=1S/C23H24O7S/c24-18(14-29-19-7-2-1-3-8-19)16-31(27,28)13-12-17-6-4-10-21-20(17)9-5-11-22(21)30-15-23(25)26/h1-11,18,24H,12-16H2,(H,25,26). The van der Waals surface area contributed by atoms with Gasteiger partial charge in [0.05, 0.1) is 11.5 Å². The number of aryl methyl sites for hydroxylation is 1. The number of para-hydroxylation sites is 1. The second-order valence-electron chi connectivity index (χ2n) is 7.09. The van der Waals surface area contributed by atoms with Crippen LogP contribution >= 0.6 is 0 Å². The topological polar surface area (TPSA) is 110 Å². The van der Waals surface area contributed by atoms with Crippen LogP contribution in [-0.4, -0.2) is 55.4 Å². The Hall–Kier alpha value is -3.10. The van der Waals surface area contributed by atoms with Gasteiger partial charge in [-0.1, -0.05) is 48.5 Å². The van der Waals surface area contributed by atoms with Crippen molar-refractivity contribution in [1.29, 1.82) is 0 Å². The zero-order valence-electron chi connectivity index (χ0n) is 16.8. The van der Waals surface area contributed by atoms with E-state index in [0.717, 1.165) is 16.3 Å². The molecule has 0 bridgehead atoms. The van der Waals surface area contributed by atoms with Crippen molar-refractivity contribution in [3.05, 3.63) is 72.3 Å². The predicted molar refractivity (Wildman–Crippen MR) is 117 cm³/mol. The third-order valence-electron chi connectivity index (χ3n) is 4.64. The lowest BCUT2D eigenvalue weighted by Gasteiger charge is -2.14. The average molecular weight is 445 g/mol. The molecule has 0 spiro atoms. The first-order chi connectivity index (χ1) is 14.8. The molecule has 3 aromatic rings. The van der Waals surface area contributed by atoms with Crippen molar-refractivity contribution < 1.29 is 32.9 Å². The fourth-order valence-electron chi connectivity index (χ4n) is 3.23. The molecule has 0 saturated carbocycles. The summed E-state index contributed by atoms with van der Waals surface area (Å²) in [4.78, 5) is 10.8. The maximum atomic E-state index is 12.5. The van der Waals surface area contributed by atoms with Crippen molar-refractivity contribution in [3.8, 4) is 11.5 Å². The minimum atomic E-state index is -3.52. The summed E-state index contributed by atoms with van der Waals surface area (Å²) in [6.07, 6.45) is -0.873. The van der Waals surface area contributed by atoms with Gasteiger partial charge in [-0.2, -0.15) is 0 Å². The van der Waals surface area contributed by atoms with E-state index < -0.39 is 34.3 Å². The Kier molecular flexibility index (Phi) is 7.49. The number of carbonyl (C=O) groups is 1. The first kappa shape index (κ1) is 22.6. The summed E-state index contributed by atoms with van der Waals surface area (Å²) in [5.74, 6) is -0.602. The van der Waals surface area contributed by atoms with Crippen molar-refractivity contribution in [2.24, 2.45) is 0 Å². The number of aliphatic hydroxyl groups excluding tert-OH is 1. The van der Waals surface area contributed by atoms with Gasteiger partial charge in [-0.25, -0.2) is 13.2 Å². The molecule has 2 N–H and O–H groups in total. The summed E-state index contributed by atoms with van der Waals surface area (Å²) < 4.78 is 35.8. The summed E-state index contributed by atoms with van der Waals surface area (Å²) in [5.41, 5.74) is 0.803. The number of rotatable bonds is 11. The molecule has 0 aliphatic heterocycles. The Bertz CT molecular complexity index is 1130. The van der Waals surface area contributed by atoms with Crippen molar-refractivity contribution in [2.45, 2.75) is 12.5 Å². The Labute approximate surface area is 180 Å². The van der Waals surface area contributed by atoms with Crippen LogP contribution in [0.25, 0.3) is 10.8 Å². The number of aliphatic carboxylic acids is 1. The van der Waals surface area contributed by atoms with Gasteiger partial charge in [-0.15, -0.1) is 0 Å². The fourth-order valence-corrected chi connectivity index (χ4v) is 4.61. The lowest BCUT2D eigenvalue weighted by atomic mass is 10.0. The van der Waals surface area contributed by atoms with Crippen LogP contribution in [0.15, 0.2) is 66.7 Å². The maximum Gasteiger partial charge on any atom is 0.341 e. The minimum Gasteiger partial charge on any atom is -0.491 e. The van der Waals surface area contributed by atoms with E-state index in [4.69, 9.17) is 14.6 Å².